The van der Waals surface area contributed by atoms with Crippen molar-refractivity contribution in [2.24, 2.45) is 5.10 Å². The first-order chi connectivity index (χ1) is 12.1. The van der Waals surface area contributed by atoms with Crippen LogP contribution in [-0.4, -0.2) is 25.0 Å². The Kier molecular flexibility index (Phi) is 8.12. The third-order valence-corrected chi connectivity index (χ3v) is 4.49. The zero-order valence-corrected chi connectivity index (χ0v) is 16.0. The highest BCUT2D eigenvalue weighted by Gasteiger charge is 2.04. The van der Waals surface area contributed by atoms with E-state index in [0.29, 0.717) is 35.2 Å². The molecule has 0 radical (unpaired) electrons. The van der Waals surface area contributed by atoms with E-state index in [4.69, 9.17) is 27.9 Å². The number of nitrogens with zero attached hydrogens (tertiary/aromatic N) is 1. The lowest BCUT2D eigenvalue weighted by molar-refractivity contribution is -0.121. The summed E-state index contributed by atoms with van der Waals surface area (Å²) in [4.78, 5) is 12.9. The molecular weight excluding hydrogens is 379 g/mol. The van der Waals surface area contributed by atoms with E-state index in [9.17, 15) is 4.79 Å². The number of halogens is 2. The molecule has 0 aromatic heterocycles. The van der Waals surface area contributed by atoms with Gasteiger partial charge < -0.3 is 4.74 Å². The van der Waals surface area contributed by atoms with Gasteiger partial charge in [-0.05, 0) is 48.6 Å². The van der Waals surface area contributed by atoms with Crippen LogP contribution in [0.3, 0.4) is 0 Å². The second-order valence-corrected chi connectivity index (χ2v) is 6.82. The van der Waals surface area contributed by atoms with E-state index in [1.807, 2.05) is 30.5 Å². The smallest absolute Gasteiger partial charge is 0.240 e. The van der Waals surface area contributed by atoms with E-state index >= 15 is 0 Å². The van der Waals surface area contributed by atoms with Crippen LogP contribution in [0.25, 0.3) is 0 Å². The highest BCUT2D eigenvalue weighted by atomic mass is 35.5. The number of hydrogen-bond donors (Lipinski definition) is 1. The van der Waals surface area contributed by atoms with E-state index in [-0.39, 0.29) is 5.91 Å². The molecule has 0 saturated carbocycles. The zero-order valence-electron chi connectivity index (χ0n) is 13.7. The molecule has 2 aromatic rings. The molecule has 0 fully saturated rings. The highest BCUT2D eigenvalue weighted by molar-refractivity contribution is 7.98. The molecule has 0 saturated heterocycles. The van der Waals surface area contributed by atoms with E-state index in [1.165, 1.54) is 4.90 Å². The van der Waals surface area contributed by atoms with Gasteiger partial charge in [-0.3, -0.25) is 4.79 Å². The van der Waals surface area contributed by atoms with Crippen molar-refractivity contribution in [3.8, 4) is 5.75 Å². The second kappa shape index (κ2) is 10.3. The van der Waals surface area contributed by atoms with Gasteiger partial charge in [0, 0.05) is 16.3 Å². The fourth-order valence-corrected chi connectivity index (χ4v) is 2.80. The lowest BCUT2D eigenvalue weighted by Gasteiger charge is -2.07. The Balaban J connectivity index is 1.67. The molecule has 0 aliphatic rings. The van der Waals surface area contributed by atoms with Crippen LogP contribution in [-0.2, 0) is 4.79 Å². The van der Waals surface area contributed by atoms with Gasteiger partial charge in [0.25, 0.3) is 0 Å². The minimum atomic E-state index is -0.164. The summed E-state index contributed by atoms with van der Waals surface area (Å²) < 4.78 is 5.53. The molecule has 1 amide bonds. The average molecular weight is 397 g/mol. The standard InChI is InChI=1S/C18H18Cl2N2O2S/c1-25-15-7-4-13(5-8-15)12-21-22-18(23)3-2-10-24-17-9-6-14(19)11-16(17)20/h4-9,11-12H,2-3,10H2,1H3,(H,22,23)/b21-12+. The maximum absolute atomic E-state index is 11.7. The highest BCUT2D eigenvalue weighted by Crippen LogP contribution is 2.27. The lowest BCUT2D eigenvalue weighted by atomic mass is 10.2. The SMILES string of the molecule is CSc1ccc(/C=N/NC(=O)CCCOc2ccc(Cl)cc2Cl)cc1. The molecule has 4 nitrogen and oxygen atoms in total. The molecule has 2 aromatic carbocycles. The molecule has 0 spiro atoms. The Hall–Kier alpha value is -1.69. The van der Waals surface area contributed by atoms with Gasteiger partial charge in [0.15, 0.2) is 0 Å². The number of amides is 1. The van der Waals surface area contributed by atoms with E-state index < -0.39 is 0 Å². The number of carbonyl (C=O) groups is 1. The van der Waals surface area contributed by atoms with Crippen molar-refractivity contribution < 1.29 is 9.53 Å². The first kappa shape index (κ1) is 19.6. The summed E-state index contributed by atoms with van der Waals surface area (Å²) in [6.07, 6.45) is 4.51. The topological polar surface area (TPSA) is 50.7 Å². The predicted octanol–water partition coefficient (Wildman–Crippen LogP) is 5.02. The van der Waals surface area contributed by atoms with Crippen LogP contribution in [0.1, 0.15) is 18.4 Å². The van der Waals surface area contributed by atoms with E-state index in [1.54, 1.807) is 36.2 Å². The Morgan fingerprint density at radius 1 is 1.24 bits per heavy atom. The maximum Gasteiger partial charge on any atom is 0.240 e. The molecule has 7 heteroatoms. The van der Waals surface area contributed by atoms with Crippen LogP contribution in [0.15, 0.2) is 52.5 Å². The van der Waals surface area contributed by atoms with Gasteiger partial charge in [-0.15, -0.1) is 11.8 Å². The van der Waals surface area contributed by atoms with Crippen LogP contribution < -0.4 is 10.2 Å². The van der Waals surface area contributed by atoms with Crippen LogP contribution >= 0.6 is 35.0 Å². The van der Waals surface area contributed by atoms with Crippen molar-refractivity contribution in [1.29, 1.82) is 0 Å². The van der Waals surface area contributed by atoms with E-state index in [2.05, 4.69) is 10.5 Å². The largest absolute Gasteiger partial charge is 0.492 e. The molecule has 0 aliphatic carbocycles. The van der Waals surface area contributed by atoms with Gasteiger partial charge in [-0.25, -0.2) is 5.43 Å². The monoisotopic (exact) mass is 396 g/mol. The summed E-state index contributed by atoms with van der Waals surface area (Å²) in [7, 11) is 0. The fraction of sp³-hybridized carbons (Fsp3) is 0.222. The summed E-state index contributed by atoms with van der Waals surface area (Å²) in [5.41, 5.74) is 3.43. The number of nitrogens with one attached hydrogen (secondary N) is 1. The van der Waals surface area contributed by atoms with Gasteiger partial charge in [0.1, 0.15) is 5.75 Å². The van der Waals surface area contributed by atoms with Crippen molar-refractivity contribution in [3.05, 3.63) is 58.1 Å². The van der Waals surface area contributed by atoms with Crippen LogP contribution in [0.5, 0.6) is 5.75 Å². The number of hydrazone groups is 1. The lowest BCUT2D eigenvalue weighted by Crippen LogP contribution is -2.18. The van der Waals surface area contributed by atoms with Gasteiger partial charge in [-0.2, -0.15) is 5.10 Å². The number of hydrogen-bond acceptors (Lipinski definition) is 4. The zero-order chi connectivity index (χ0) is 18.1. The van der Waals surface area contributed by atoms with E-state index in [0.717, 1.165) is 5.56 Å². The minimum Gasteiger partial charge on any atom is -0.492 e. The molecule has 0 atom stereocenters. The molecule has 0 heterocycles. The molecule has 25 heavy (non-hydrogen) atoms. The third kappa shape index (κ3) is 6.98. The van der Waals surface area contributed by atoms with Gasteiger partial charge in [0.2, 0.25) is 5.91 Å². The van der Waals surface area contributed by atoms with Crippen molar-refractivity contribution in [3.63, 3.8) is 0 Å². The first-order valence-corrected chi connectivity index (χ1v) is 9.60. The molecule has 1 N–H and O–H groups in total. The van der Waals surface area contributed by atoms with Gasteiger partial charge in [0.05, 0.1) is 17.8 Å². The number of thioether (sulfide) groups is 1. The third-order valence-electron chi connectivity index (χ3n) is 3.22. The van der Waals surface area contributed by atoms with Crippen molar-refractivity contribution in [2.45, 2.75) is 17.7 Å². The van der Waals surface area contributed by atoms with Gasteiger partial charge >= 0.3 is 0 Å². The van der Waals surface area contributed by atoms with Crippen LogP contribution in [0.2, 0.25) is 10.0 Å². The molecule has 0 unspecified atom stereocenters. The molecule has 2 rings (SSSR count). The van der Waals surface area contributed by atoms with Gasteiger partial charge in [-0.1, -0.05) is 35.3 Å². The Morgan fingerprint density at radius 3 is 2.68 bits per heavy atom. The number of rotatable bonds is 8. The Bertz CT molecular complexity index is 736. The van der Waals surface area contributed by atoms with Crippen LogP contribution in [0, 0.1) is 0 Å². The normalized spacial score (nSPS) is 10.8. The molecule has 0 aliphatic heterocycles. The van der Waals surface area contributed by atoms with Crippen molar-refractivity contribution >= 4 is 47.1 Å². The van der Waals surface area contributed by atoms with Crippen molar-refractivity contribution in [2.75, 3.05) is 12.9 Å². The Labute approximate surface area is 161 Å². The van der Waals surface area contributed by atoms with Crippen LogP contribution in [0.4, 0.5) is 0 Å². The quantitative estimate of drug-likeness (QED) is 0.294. The summed E-state index contributed by atoms with van der Waals surface area (Å²) in [5.74, 6) is 0.390. The maximum atomic E-state index is 11.7. The predicted molar refractivity (Wildman–Crippen MR) is 105 cm³/mol. The summed E-state index contributed by atoms with van der Waals surface area (Å²) in [6, 6.07) is 12.9. The number of ether oxygens (including phenoxy) is 1. The fourth-order valence-electron chi connectivity index (χ4n) is 1.93. The molecule has 132 valence electrons. The second-order valence-electron chi connectivity index (χ2n) is 5.09. The first-order valence-electron chi connectivity index (χ1n) is 7.62. The summed E-state index contributed by atoms with van der Waals surface area (Å²) in [5, 5.41) is 4.96. The number of carbonyl (C=O) groups excluding carboxylic acids is 1. The number of benzene rings is 2. The minimum absolute atomic E-state index is 0.164. The molecular formula is C18H18Cl2N2O2S. The summed E-state index contributed by atoms with van der Waals surface area (Å²) in [6.45, 7) is 0.384. The molecule has 0 bridgehead atoms. The average Bonchev–Trinajstić information content (AvgIpc) is 2.61. The summed E-state index contributed by atoms with van der Waals surface area (Å²) >= 11 is 13.5. The van der Waals surface area contributed by atoms with Crippen molar-refractivity contribution in [1.82, 2.24) is 5.43 Å². The Morgan fingerprint density at radius 2 is 2.00 bits per heavy atom.